The Bertz CT molecular complexity index is 1110. The van der Waals surface area contributed by atoms with Crippen LogP contribution in [-0.4, -0.2) is 30.5 Å². The Balaban J connectivity index is 1.93. The predicted molar refractivity (Wildman–Crippen MR) is 148 cm³/mol. The van der Waals surface area contributed by atoms with Crippen molar-refractivity contribution in [1.82, 2.24) is 0 Å². The number of nitrogens with zero attached hydrogens (tertiary/aromatic N) is 1. The smallest absolute Gasteiger partial charge is 0.184 e. The van der Waals surface area contributed by atoms with Crippen molar-refractivity contribution in [1.29, 1.82) is 0 Å². The van der Waals surface area contributed by atoms with E-state index in [2.05, 4.69) is 50.5 Å². The van der Waals surface area contributed by atoms with E-state index in [0.717, 1.165) is 68.6 Å². The highest BCUT2D eigenvalue weighted by molar-refractivity contribution is 5.99. The van der Waals surface area contributed by atoms with E-state index in [9.17, 15) is 4.39 Å². The van der Waals surface area contributed by atoms with Gasteiger partial charge in [0.25, 0.3) is 0 Å². The number of allylic oxidation sites excluding steroid dienone is 4. The van der Waals surface area contributed by atoms with Crippen LogP contribution in [-0.2, 0) is 13.0 Å². The van der Waals surface area contributed by atoms with E-state index < -0.39 is 0 Å². The van der Waals surface area contributed by atoms with Crippen LogP contribution in [0.5, 0.6) is 11.5 Å². The lowest BCUT2D eigenvalue weighted by Crippen LogP contribution is -2.30. The van der Waals surface area contributed by atoms with Gasteiger partial charge in [-0.3, -0.25) is 0 Å². The van der Waals surface area contributed by atoms with Crippen LogP contribution < -0.4 is 9.47 Å². The summed E-state index contributed by atoms with van der Waals surface area (Å²) in [5.74, 6) is 1.53. The molecular weight excluding hydrogens is 449 g/mol. The van der Waals surface area contributed by atoms with Crippen LogP contribution in [0.3, 0.4) is 0 Å². The van der Waals surface area contributed by atoms with E-state index in [-0.39, 0.29) is 5.82 Å². The van der Waals surface area contributed by atoms with Crippen LogP contribution in [0.1, 0.15) is 82.9 Å². The molecule has 194 valence electrons. The van der Waals surface area contributed by atoms with Crippen LogP contribution in [0, 0.1) is 5.82 Å². The topological polar surface area (TPSA) is 21.5 Å². The Kier molecular flexibility index (Phi) is 10.8. The second kappa shape index (κ2) is 14.0. The zero-order chi connectivity index (χ0) is 25.9. The van der Waals surface area contributed by atoms with E-state index >= 15 is 0 Å². The fourth-order valence-corrected chi connectivity index (χ4v) is 4.76. The first kappa shape index (κ1) is 27.7. The van der Waals surface area contributed by atoms with E-state index in [0.29, 0.717) is 13.2 Å². The molecule has 0 amide bonds. The minimum atomic E-state index is -0.143. The third-order valence-electron chi connectivity index (χ3n) is 6.80. The zero-order valence-electron chi connectivity index (χ0n) is 22.8. The summed E-state index contributed by atoms with van der Waals surface area (Å²) >= 11 is 0. The van der Waals surface area contributed by atoms with Gasteiger partial charge in [-0.25, -0.2) is 8.97 Å². The van der Waals surface area contributed by atoms with Gasteiger partial charge in [-0.1, -0.05) is 48.8 Å². The molecule has 0 aromatic heterocycles. The molecule has 1 heterocycles. The van der Waals surface area contributed by atoms with Gasteiger partial charge in [0.1, 0.15) is 12.4 Å². The third-order valence-corrected chi connectivity index (χ3v) is 6.80. The first-order valence-electron chi connectivity index (χ1n) is 13.4. The number of ether oxygens (including phenoxy) is 2. The highest BCUT2D eigenvalue weighted by Crippen LogP contribution is 2.37. The average molecular weight is 493 g/mol. The lowest BCUT2D eigenvalue weighted by atomic mass is 9.92. The van der Waals surface area contributed by atoms with E-state index in [1.54, 1.807) is 19.2 Å². The number of unbranched alkanes of at least 4 members (excludes halogenated alkanes) is 1. The number of benzene rings is 2. The normalized spacial score (nSPS) is 13.4. The second-order valence-corrected chi connectivity index (χ2v) is 9.94. The minimum Gasteiger partial charge on any atom is -0.493 e. The molecule has 0 bridgehead atoms. The molecule has 0 fully saturated rings. The van der Waals surface area contributed by atoms with Gasteiger partial charge in [0.2, 0.25) is 0 Å². The van der Waals surface area contributed by atoms with Crippen molar-refractivity contribution >= 4 is 5.71 Å². The summed E-state index contributed by atoms with van der Waals surface area (Å²) in [5, 5.41) is 0. The molecule has 2 aromatic carbocycles. The molecule has 1 aliphatic heterocycles. The number of rotatable bonds is 13. The molecule has 0 aliphatic carbocycles. The first-order valence-corrected chi connectivity index (χ1v) is 13.4. The molecule has 4 heteroatoms. The van der Waals surface area contributed by atoms with Gasteiger partial charge in [0.15, 0.2) is 23.8 Å². The molecule has 0 atom stereocenters. The Morgan fingerprint density at radius 3 is 2.58 bits per heavy atom. The molecule has 0 N–H and O–H groups in total. The van der Waals surface area contributed by atoms with Crippen LogP contribution in [0.25, 0.3) is 0 Å². The number of methoxy groups -OCH3 is 1. The maximum Gasteiger partial charge on any atom is 0.184 e. The van der Waals surface area contributed by atoms with Gasteiger partial charge < -0.3 is 9.47 Å². The highest BCUT2D eigenvalue weighted by atomic mass is 19.1. The number of halogens is 1. The molecule has 36 heavy (non-hydrogen) atoms. The predicted octanol–water partition coefficient (Wildman–Crippen LogP) is 8.04. The summed E-state index contributed by atoms with van der Waals surface area (Å²) in [7, 11) is 1.70. The molecule has 0 saturated heterocycles. The summed E-state index contributed by atoms with van der Waals surface area (Å²) < 4.78 is 28.8. The molecule has 0 spiro atoms. The summed E-state index contributed by atoms with van der Waals surface area (Å²) in [4.78, 5) is 0. The number of hydrogen-bond acceptors (Lipinski definition) is 2. The van der Waals surface area contributed by atoms with Gasteiger partial charge in [0, 0.05) is 24.0 Å². The van der Waals surface area contributed by atoms with Gasteiger partial charge in [0.05, 0.1) is 19.3 Å². The van der Waals surface area contributed by atoms with Crippen molar-refractivity contribution in [2.24, 2.45) is 0 Å². The standard InChI is InChI=1S/C32H43FNO2/c1-6-7-22-36-32-28-20-21-34(23-26-15-8-9-16-29(26)33)30(27(28)18-19-31(32)35-5)17-11-14-25(4)13-10-12-24(2)3/h8-9,12,14-16,18-19H,6-7,10-11,13,17,20-23H2,1-5H3/q+1. The molecule has 3 nitrogen and oxygen atoms in total. The van der Waals surface area contributed by atoms with Crippen molar-refractivity contribution in [3.8, 4) is 11.5 Å². The molecular formula is C32H43FNO2+. The molecule has 0 unspecified atom stereocenters. The SMILES string of the molecule is CCCCOc1c(OC)ccc2c1CC[N+](Cc1ccccc1F)=C2CCC=C(C)CCC=C(C)C. The Morgan fingerprint density at radius 2 is 1.86 bits per heavy atom. The van der Waals surface area contributed by atoms with Crippen molar-refractivity contribution in [2.45, 2.75) is 79.2 Å². The summed E-state index contributed by atoms with van der Waals surface area (Å²) in [6.07, 6.45) is 11.7. The third kappa shape index (κ3) is 7.56. The fourth-order valence-electron chi connectivity index (χ4n) is 4.76. The fraction of sp³-hybridized carbons (Fsp3) is 0.469. The highest BCUT2D eigenvalue weighted by Gasteiger charge is 2.30. The maximum atomic E-state index is 14.5. The summed E-state index contributed by atoms with van der Waals surface area (Å²) in [6.45, 7) is 10.8. The van der Waals surface area contributed by atoms with E-state index in [1.807, 2.05) is 18.2 Å². The molecule has 0 radical (unpaired) electrons. The van der Waals surface area contributed by atoms with Crippen molar-refractivity contribution in [3.63, 3.8) is 0 Å². The average Bonchev–Trinajstić information content (AvgIpc) is 2.86. The molecule has 3 rings (SSSR count). The Morgan fingerprint density at radius 1 is 1.06 bits per heavy atom. The molecule has 0 saturated carbocycles. The van der Waals surface area contributed by atoms with Gasteiger partial charge in [-0.05, 0) is 70.7 Å². The lowest BCUT2D eigenvalue weighted by molar-refractivity contribution is -0.546. The Labute approximate surface area is 217 Å². The van der Waals surface area contributed by atoms with Crippen molar-refractivity contribution in [2.75, 3.05) is 20.3 Å². The molecule has 2 aromatic rings. The molecule has 1 aliphatic rings. The largest absolute Gasteiger partial charge is 0.493 e. The summed E-state index contributed by atoms with van der Waals surface area (Å²) in [5.41, 5.74) is 7.21. The quantitative estimate of drug-likeness (QED) is 0.160. The van der Waals surface area contributed by atoms with Crippen LogP contribution in [0.15, 0.2) is 59.7 Å². The Hall–Kier alpha value is -2.88. The van der Waals surface area contributed by atoms with Gasteiger partial charge in [-0.2, -0.15) is 0 Å². The van der Waals surface area contributed by atoms with Crippen LogP contribution >= 0.6 is 0 Å². The maximum absolute atomic E-state index is 14.5. The van der Waals surface area contributed by atoms with Crippen LogP contribution in [0.2, 0.25) is 0 Å². The van der Waals surface area contributed by atoms with Crippen molar-refractivity contribution in [3.05, 3.63) is 82.2 Å². The van der Waals surface area contributed by atoms with E-state index in [1.165, 1.54) is 28.0 Å². The zero-order valence-corrected chi connectivity index (χ0v) is 22.8. The van der Waals surface area contributed by atoms with Crippen molar-refractivity contribution < 1.29 is 18.4 Å². The van der Waals surface area contributed by atoms with Crippen LogP contribution in [0.4, 0.5) is 4.39 Å². The minimum absolute atomic E-state index is 0.143. The lowest BCUT2D eigenvalue weighted by Gasteiger charge is -2.23. The summed E-state index contributed by atoms with van der Waals surface area (Å²) in [6, 6.07) is 11.3. The monoisotopic (exact) mass is 492 g/mol. The number of fused-ring (bicyclic) bond motifs is 1. The van der Waals surface area contributed by atoms with Gasteiger partial charge >= 0.3 is 0 Å². The first-order chi connectivity index (χ1) is 17.4. The van der Waals surface area contributed by atoms with E-state index in [4.69, 9.17) is 9.47 Å². The number of hydrogen-bond donors (Lipinski definition) is 0. The second-order valence-electron chi connectivity index (χ2n) is 9.94. The van der Waals surface area contributed by atoms with Gasteiger partial charge in [-0.15, -0.1) is 0 Å².